The first kappa shape index (κ1) is 66.3. The number of unbranched alkanes of at least 4 members (excludes halogenated alkanes) is 8. The predicted octanol–water partition coefficient (Wildman–Crippen LogP) is 12.2. The number of alkyl halides is 34. The van der Waals surface area contributed by atoms with Crippen LogP contribution in [0, 0.1) is 11.3 Å². The summed E-state index contributed by atoms with van der Waals surface area (Å²) < 4.78 is 481. The maximum atomic E-state index is 15.9. The molecule has 0 aliphatic carbocycles. The lowest BCUT2D eigenvalue weighted by molar-refractivity contribution is -0.489. The van der Waals surface area contributed by atoms with Crippen LogP contribution in [0.1, 0.15) is 64.7 Å². The molecule has 1 atom stereocenters. The molecule has 0 fully saturated rings. The van der Waals surface area contributed by atoms with Gasteiger partial charge in [-0.3, -0.25) is 0 Å². The minimum atomic E-state index is -10.3. The Morgan fingerprint density at radius 3 is 0.771 bits per heavy atom. The van der Waals surface area contributed by atoms with E-state index >= 15 is 35.1 Å². The molecular weight excluding hydrogens is 1090 g/mol. The lowest BCUT2D eigenvalue weighted by atomic mass is 9.60. The van der Waals surface area contributed by atoms with Gasteiger partial charge < -0.3 is 19.8 Å². The highest BCUT2D eigenvalue weighted by molar-refractivity contribution is 5.86. The van der Waals surface area contributed by atoms with Gasteiger partial charge in [-0.05, 0) is 12.8 Å². The van der Waals surface area contributed by atoms with Gasteiger partial charge in [0.15, 0.2) is 5.41 Å². The van der Waals surface area contributed by atoms with E-state index in [2.05, 4.69) is 0 Å². The number of hydrogen-bond acceptors (Lipinski definition) is 4. The summed E-state index contributed by atoms with van der Waals surface area (Å²) in [5, 5.41) is 23.9. The fraction of sp³-hybridized carbons (Fsp3) is 0.875. The molecule has 0 aromatic rings. The summed E-state index contributed by atoms with van der Waals surface area (Å²) in [6, 6.07) is 0. The van der Waals surface area contributed by atoms with Crippen molar-refractivity contribution in [3.63, 3.8) is 0 Å². The zero-order chi connectivity index (χ0) is 57.0. The third-order valence-electron chi connectivity index (χ3n) is 10.0. The molecule has 0 aromatic carbocycles. The molecule has 1 unspecified atom stereocenters. The summed E-state index contributed by atoms with van der Waals surface area (Å²) in [5.41, 5.74) is -9.32. The van der Waals surface area contributed by atoms with Gasteiger partial charge in [0, 0.05) is 11.9 Å². The zero-order valence-electron chi connectivity index (χ0n) is 33.1. The Morgan fingerprint density at radius 1 is 0.343 bits per heavy atom. The predicted molar refractivity (Wildman–Crippen MR) is 154 cm³/mol. The fourth-order valence-corrected chi connectivity index (χ4v) is 5.82. The third kappa shape index (κ3) is 9.10. The van der Waals surface area contributed by atoms with E-state index in [1.54, 1.807) is 6.92 Å². The molecule has 0 saturated carbocycles. The molecule has 38 heteroatoms. The largest absolute Gasteiger partial charge is 0.549 e. The minimum absolute atomic E-state index is 0.0528. The zero-order valence-corrected chi connectivity index (χ0v) is 33.1. The van der Waals surface area contributed by atoms with Gasteiger partial charge in [0.25, 0.3) is 0 Å². The van der Waals surface area contributed by atoms with Crippen molar-refractivity contribution >= 4 is 11.9 Å². The van der Waals surface area contributed by atoms with Gasteiger partial charge in [0.05, 0.1) is 5.97 Å². The summed E-state index contributed by atoms with van der Waals surface area (Å²) >= 11 is 0. The lowest BCUT2D eigenvalue weighted by Gasteiger charge is -2.55. The second-order valence-corrected chi connectivity index (χ2v) is 14.6. The van der Waals surface area contributed by atoms with Gasteiger partial charge in [-0.2, -0.15) is 149 Å². The van der Waals surface area contributed by atoms with E-state index in [9.17, 15) is 134 Å². The Balaban J connectivity index is 9.04. The van der Waals surface area contributed by atoms with E-state index in [-0.39, 0.29) is 19.3 Å². The number of hydrogen-bond donors (Lipinski definition) is 0. The van der Waals surface area contributed by atoms with E-state index in [0.717, 1.165) is 0 Å². The molecule has 0 N–H and O–H groups in total. The average molecular weight is 1120 g/mol. The number of allylic oxidation sites excluding steroid dienone is 1. The number of carbonyl (C=O) groups is 2. The van der Waals surface area contributed by atoms with Crippen molar-refractivity contribution in [3.8, 4) is 0 Å². The number of aliphatic carboxylic acids is 2. The van der Waals surface area contributed by atoms with Crippen LogP contribution in [0.15, 0.2) is 12.2 Å². The second kappa shape index (κ2) is 19.3. The molecule has 416 valence electrons. The minimum Gasteiger partial charge on any atom is -0.549 e. The van der Waals surface area contributed by atoms with Crippen molar-refractivity contribution in [1.82, 2.24) is 0 Å². The first-order valence-electron chi connectivity index (χ1n) is 17.9. The summed E-state index contributed by atoms with van der Waals surface area (Å²) in [6.45, 7) is 1.69. The van der Waals surface area contributed by atoms with Gasteiger partial charge in [-0.1, -0.05) is 64.0 Å². The highest BCUT2D eigenvalue weighted by Crippen LogP contribution is 2.72. The molecule has 0 aromatic heterocycles. The highest BCUT2D eigenvalue weighted by Gasteiger charge is 3.01. The van der Waals surface area contributed by atoms with E-state index in [1.165, 1.54) is 0 Å². The molecule has 4 nitrogen and oxygen atoms in total. The molecule has 0 radical (unpaired) electrons. The van der Waals surface area contributed by atoms with E-state index in [0.29, 0.717) is 25.7 Å². The molecule has 0 rings (SSSR count). The molecule has 0 aliphatic rings. The quantitative estimate of drug-likeness (QED) is 0.0466. The van der Waals surface area contributed by atoms with Crippen LogP contribution in [0.2, 0.25) is 0 Å². The lowest BCUT2D eigenvalue weighted by Crippen LogP contribution is -2.83. The molecule has 0 saturated heterocycles. The smallest absolute Gasteiger partial charge is 0.460 e. The summed E-state index contributed by atoms with van der Waals surface area (Å²) in [5.74, 6) is -156. The van der Waals surface area contributed by atoms with Crippen LogP contribution >= 0.6 is 0 Å². The van der Waals surface area contributed by atoms with Gasteiger partial charge in [-0.15, -0.1) is 0 Å². The van der Waals surface area contributed by atoms with Crippen molar-refractivity contribution in [2.45, 2.75) is 160 Å². The maximum absolute atomic E-state index is 15.9. The molecule has 0 spiro atoms. The number of carboxylic acid groups (broad SMARTS) is 2. The van der Waals surface area contributed by atoms with Gasteiger partial charge in [0.2, 0.25) is 0 Å². The van der Waals surface area contributed by atoms with Crippen LogP contribution in [-0.2, 0) is 9.59 Å². The first-order valence-corrected chi connectivity index (χ1v) is 17.9. The normalized spacial score (nSPS) is 16.6. The SMILES string of the molecule is CCCCCCCCCCC=CC(C(=O)[O-])C(C(=O)[O-])(C(F)(F)C(F)(F)C(F)(F)C(F)(F)C(F)(F)C(F)(F)C(F)(F)C(F)(F)F)C(F)(F)C(F)(F)C(F)(F)C(F)(F)C(F)(F)C(F)(F)C(F)(F)C(F)(F)F. The van der Waals surface area contributed by atoms with Crippen LogP contribution < -0.4 is 10.2 Å². The van der Waals surface area contributed by atoms with E-state index < -0.39 is 144 Å². The molecule has 0 amide bonds. The van der Waals surface area contributed by atoms with E-state index in [4.69, 9.17) is 0 Å². The Morgan fingerprint density at radius 2 is 0.557 bits per heavy atom. The van der Waals surface area contributed by atoms with Crippen LogP contribution in [-0.4, -0.2) is 107 Å². The van der Waals surface area contributed by atoms with Crippen molar-refractivity contribution in [1.29, 1.82) is 0 Å². The summed E-state index contributed by atoms with van der Waals surface area (Å²) in [6.07, 6.45) is -19.8. The Hall–Kier alpha value is -3.70. The second-order valence-electron chi connectivity index (χ2n) is 14.6. The number of carboxylic acids is 2. The van der Waals surface area contributed by atoms with Crippen molar-refractivity contribution in [2.24, 2.45) is 11.3 Å². The van der Waals surface area contributed by atoms with Gasteiger partial charge >= 0.3 is 95.3 Å². The van der Waals surface area contributed by atoms with Gasteiger partial charge in [0.1, 0.15) is 0 Å². The average Bonchev–Trinajstić information content (AvgIpc) is 3.15. The highest BCUT2D eigenvalue weighted by atomic mass is 19.4. The molecule has 0 aliphatic heterocycles. The van der Waals surface area contributed by atoms with Crippen molar-refractivity contribution < 1.29 is 169 Å². The monoisotopic (exact) mass is 1120 g/mol. The van der Waals surface area contributed by atoms with Crippen LogP contribution in [0.3, 0.4) is 0 Å². The van der Waals surface area contributed by atoms with E-state index in [1.807, 2.05) is 0 Å². The molecule has 0 heterocycles. The first-order chi connectivity index (χ1) is 30.3. The standard InChI is InChI=1S/C32H26F34O4/c1-2-3-4-5-6-7-8-9-10-11-12-13(14(67)68)16(15(69)70,17(33,34)19(37,38)21(41,42)23(45,46)25(49,50)27(53,54)29(57,58)31(61,62)63)18(35,36)20(39,40)22(43,44)24(47,48)26(51,52)28(55,56)30(59,60)32(64,65)66/h11-13H,2-10H2,1H3,(H,67,68)(H,69,70)/p-2. The topological polar surface area (TPSA) is 80.3 Å². The van der Waals surface area contributed by atoms with Crippen LogP contribution in [0.25, 0.3) is 0 Å². The Labute approximate surface area is 365 Å². The molecular formula is C32H24F34O4-2. The molecule has 70 heavy (non-hydrogen) atoms. The number of carbonyl (C=O) groups excluding carboxylic acids is 2. The van der Waals surface area contributed by atoms with Crippen LogP contribution in [0.4, 0.5) is 149 Å². The summed E-state index contributed by atoms with van der Waals surface area (Å²) in [7, 11) is 0. The van der Waals surface area contributed by atoms with Crippen molar-refractivity contribution in [3.05, 3.63) is 12.2 Å². The fourth-order valence-electron chi connectivity index (χ4n) is 5.82. The Bertz CT molecular complexity index is 1740. The van der Waals surface area contributed by atoms with Crippen LogP contribution in [0.5, 0.6) is 0 Å². The Kier molecular flexibility index (Phi) is 18.3. The van der Waals surface area contributed by atoms with Crippen molar-refractivity contribution in [2.75, 3.05) is 0 Å². The van der Waals surface area contributed by atoms with Gasteiger partial charge in [-0.25, -0.2) is 0 Å². The summed E-state index contributed by atoms with van der Waals surface area (Å²) in [4.78, 5) is 23.9. The maximum Gasteiger partial charge on any atom is 0.460 e. The third-order valence-corrected chi connectivity index (χ3v) is 10.0. The molecule has 0 bridgehead atoms. The number of halogens is 34. The number of rotatable bonds is 27.